The van der Waals surface area contributed by atoms with Crippen molar-refractivity contribution in [3.8, 4) is 0 Å². The Labute approximate surface area is 154 Å². The first-order valence-electron chi connectivity index (χ1n) is 7.78. The summed E-state index contributed by atoms with van der Waals surface area (Å²) in [6, 6.07) is 19.2. The summed E-state index contributed by atoms with van der Waals surface area (Å²) in [5.74, 6) is 0.242. The van der Waals surface area contributed by atoms with Gasteiger partial charge in [0.05, 0.1) is 11.4 Å². The van der Waals surface area contributed by atoms with E-state index in [2.05, 4.69) is 5.10 Å². The van der Waals surface area contributed by atoms with E-state index >= 15 is 0 Å². The highest BCUT2D eigenvalue weighted by atomic mass is 32.2. The maximum Gasteiger partial charge on any atom is 0.243 e. The van der Waals surface area contributed by atoms with Gasteiger partial charge in [0.15, 0.2) is 10.8 Å². The van der Waals surface area contributed by atoms with E-state index in [9.17, 15) is 9.59 Å². The van der Waals surface area contributed by atoms with Crippen molar-refractivity contribution in [1.82, 2.24) is 0 Å². The van der Waals surface area contributed by atoms with Gasteiger partial charge in [-0.2, -0.15) is 5.10 Å². The minimum atomic E-state index is -0.819. The molecule has 1 atom stereocenters. The van der Waals surface area contributed by atoms with E-state index in [4.69, 9.17) is 0 Å². The lowest BCUT2D eigenvalue weighted by Crippen LogP contribution is -2.51. The second-order valence-corrected chi connectivity index (χ2v) is 8.18. The Morgan fingerprint density at radius 1 is 1.04 bits per heavy atom. The fraction of sp³-hybridized carbons (Fsp3) is 0.167. The number of thioether (sulfide) groups is 2. The number of carbonyl (C=O) groups excluding carboxylic acids is 2. The highest BCUT2D eigenvalue weighted by molar-refractivity contribution is 8.28. The van der Waals surface area contributed by atoms with E-state index in [1.54, 1.807) is 9.91 Å². The molecule has 2 heterocycles. The average Bonchev–Trinajstić information content (AvgIpc) is 3.18. The molecule has 2 aliphatic rings. The minimum Gasteiger partial charge on any atom is -0.292 e. The number of benzene rings is 2. The minimum absolute atomic E-state index is 0.00429. The van der Waals surface area contributed by atoms with Gasteiger partial charge in [0.1, 0.15) is 0 Å². The number of Topliss-reactive ketones (excluding diaryl/α,β-unsaturated/α-hetero) is 1. The number of rotatable bonds is 3. The number of anilines is 2. The number of hydrazone groups is 1. The molecule has 1 saturated heterocycles. The molecule has 25 heavy (non-hydrogen) atoms. The molecule has 1 amide bonds. The van der Waals surface area contributed by atoms with Gasteiger partial charge in [0.25, 0.3) is 0 Å². The molecule has 4 rings (SSSR count). The molecule has 0 saturated carbocycles. The number of nitrogens with zero attached hydrogens (tertiary/aromatic N) is 3. The second kappa shape index (κ2) is 6.24. The zero-order chi connectivity index (χ0) is 17.4. The molecule has 5 nitrogen and oxygen atoms in total. The van der Waals surface area contributed by atoms with Crippen molar-refractivity contribution in [3.05, 3.63) is 60.7 Å². The highest BCUT2D eigenvalue weighted by Crippen LogP contribution is 2.55. The lowest BCUT2D eigenvalue weighted by molar-refractivity contribution is -0.116. The largest absolute Gasteiger partial charge is 0.292 e. The van der Waals surface area contributed by atoms with Gasteiger partial charge in [-0.1, -0.05) is 48.2 Å². The summed E-state index contributed by atoms with van der Waals surface area (Å²) >= 11 is 2.82. The van der Waals surface area contributed by atoms with Gasteiger partial charge in [-0.05, 0) is 36.0 Å². The van der Waals surface area contributed by atoms with Crippen LogP contribution in [0.5, 0.6) is 0 Å². The molecule has 0 bridgehead atoms. The zero-order valence-corrected chi connectivity index (χ0v) is 15.1. The molecule has 2 aliphatic heterocycles. The highest BCUT2D eigenvalue weighted by Gasteiger charge is 2.57. The summed E-state index contributed by atoms with van der Waals surface area (Å²) in [4.78, 5) is 26.5. The first-order valence-corrected chi connectivity index (χ1v) is 9.58. The molecule has 0 aliphatic carbocycles. The third kappa shape index (κ3) is 2.63. The molecule has 2 aromatic carbocycles. The number of hydrogen-bond donors (Lipinski definition) is 0. The van der Waals surface area contributed by atoms with E-state index in [-0.39, 0.29) is 11.7 Å². The van der Waals surface area contributed by atoms with Crippen molar-refractivity contribution in [3.63, 3.8) is 0 Å². The Kier molecular flexibility index (Phi) is 4.05. The third-order valence-electron chi connectivity index (χ3n) is 3.92. The molecular weight excluding hydrogens is 354 g/mol. The number of hydrogen-bond acceptors (Lipinski definition) is 6. The van der Waals surface area contributed by atoms with Crippen molar-refractivity contribution < 1.29 is 9.59 Å². The number of amides is 1. The summed E-state index contributed by atoms with van der Waals surface area (Å²) in [6.45, 7) is 1.50. The van der Waals surface area contributed by atoms with Crippen LogP contribution in [0.2, 0.25) is 0 Å². The van der Waals surface area contributed by atoms with Gasteiger partial charge in [0, 0.05) is 12.6 Å². The van der Waals surface area contributed by atoms with Crippen molar-refractivity contribution in [2.45, 2.75) is 11.3 Å². The van der Waals surface area contributed by atoms with Gasteiger partial charge in [0.2, 0.25) is 10.2 Å². The molecule has 126 valence electrons. The first kappa shape index (κ1) is 16.2. The van der Waals surface area contributed by atoms with E-state index < -0.39 is 4.33 Å². The van der Waals surface area contributed by atoms with Crippen molar-refractivity contribution in [2.24, 2.45) is 5.10 Å². The molecule has 7 heteroatoms. The van der Waals surface area contributed by atoms with E-state index in [0.29, 0.717) is 10.8 Å². The Hall–Kier alpha value is -2.25. The van der Waals surface area contributed by atoms with Crippen molar-refractivity contribution in [1.29, 1.82) is 0 Å². The topological polar surface area (TPSA) is 53.0 Å². The third-order valence-corrected chi connectivity index (χ3v) is 6.83. The van der Waals surface area contributed by atoms with Crippen LogP contribution in [0.15, 0.2) is 65.8 Å². The SMILES string of the molecule is CC(=O)C1=NN(c2ccccc2)[C@]2(SCC(=O)N2c2ccccc2)S1. The van der Waals surface area contributed by atoms with Gasteiger partial charge in [-0.25, -0.2) is 5.01 Å². The van der Waals surface area contributed by atoms with Crippen LogP contribution in [-0.2, 0) is 9.59 Å². The Balaban J connectivity index is 1.85. The lowest BCUT2D eigenvalue weighted by atomic mass is 10.3. The van der Waals surface area contributed by atoms with Crippen LogP contribution in [-0.4, -0.2) is 26.8 Å². The molecule has 1 spiro atoms. The maximum atomic E-state index is 12.7. The van der Waals surface area contributed by atoms with Crippen molar-refractivity contribution in [2.75, 3.05) is 15.7 Å². The molecule has 1 fully saturated rings. The van der Waals surface area contributed by atoms with E-state index in [1.165, 1.54) is 30.4 Å². The summed E-state index contributed by atoms with van der Waals surface area (Å²) in [7, 11) is 0. The fourth-order valence-corrected chi connectivity index (χ4v) is 5.58. The van der Waals surface area contributed by atoms with Crippen LogP contribution in [0, 0.1) is 0 Å². The molecule has 0 N–H and O–H groups in total. The summed E-state index contributed by atoms with van der Waals surface area (Å²) in [5.41, 5.74) is 1.64. The van der Waals surface area contributed by atoms with Crippen LogP contribution in [0.4, 0.5) is 11.4 Å². The Bertz CT molecular complexity index is 857. The Morgan fingerprint density at radius 2 is 1.64 bits per heavy atom. The summed E-state index contributed by atoms with van der Waals surface area (Å²) < 4.78 is -0.819. The van der Waals surface area contributed by atoms with Crippen LogP contribution in [0.25, 0.3) is 0 Å². The van der Waals surface area contributed by atoms with Gasteiger partial charge < -0.3 is 0 Å². The van der Waals surface area contributed by atoms with Crippen LogP contribution in [0.3, 0.4) is 0 Å². The Morgan fingerprint density at radius 3 is 2.24 bits per heavy atom. The zero-order valence-electron chi connectivity index (χ0n) is 13.5. The standard InChI is InChI=1S/C18H15N3O2S2/c1-13(22)17-19-21(15-10-6-3-7-11-15)18(25-17)20(16(23)12-24-18)14-8-4-2-5-9-14/h2-11H,12H2,1H3/t18-/m1/s1. The second-order valence-electron chi connectivity index (χ2n) is 5.61. The fourth-order valence-electron chi connectivity index (χ4n) is 2.83. The summed E-state index contributed by atoms with van der Waals surface area (Å²) in [5, 5.41) is 6.75. The number of para-hydroxylation sites is 2. The maximum absolute atomic E-state index is 12.7. The quantitative estimate of drug-likeness (QED) is 0.828. The monoisotopic (exact) mass is 369 g/mol. The smallest absolute Gasteiger partial charge is 0.243 e. The van der Waals surface area contributed by atoms with Gasteiger partial charge >= 0.3 is 0 Å². The van der Waals surface area contributed by atoms with Crippen LogP contribution < -0.4 is 9.91 Å². The van der Waals surface area contributed by atoms with Gasteiger partial charge in [-0.3, -0.25) is 14.5 Å². The normalized spacial score (nSPS) is 22.6. The number of carbonyl (C=O) groups is 2. The molecule has 2 aromatic rings. The average molecular weight is 369 g/mol. The van der Waals surface area contributed by atoms with Crippen LogP contribution >= 0.6 is 23.5 Å². The molecule has 0 radical (unpaired) electrons. The van der Waals surface area contributed by atoms with Crippen LogP contribution in [0.1, 0.15) is 6.92 Å². The van der Waals surface area contributed by atoms with Crippen molar-refractivity contribution >= 4 is 51.6 Å². The molecule has 0 aromatic heterocycles. The predicted octanol–water partition coefficient (Wildman–Crippen LogP) is 3.53. The van der Waals surface area contributed by atoms with Gasteiger partial charge in [-0.15, -0.1) is 0 Å². The summed E-state index contributed by atoms with van der Waals surface area (Å²) in [6.07, 6.45) is 0. The van der Waals surface area contributed by atoms with E-state index in [1.807, 2.05) is 60.7 Å². The first-order chi connectivity index (χ1) is 12.1. The van der Waals surface area contributed by atoms with E-state index in [0.717, 1.165) is 11.4 Å². The number of ketones is 1. The predicted molar refractivity (Wildman–Crippen MR) is 104 cm³/mol. The molecule has 0 unspecified atom stereocenters. The molecular formula is C18H15N3O2S2. The lowest BCUT2D eigenvalue weighted by Gasteiger charge is -2.39.